The van der Waals surface area contributed by atoms with Crippen molar-refractivity contribution in [3.05, 3.63) is 35.4 Å². The number of fused-ring (bicyclic) bond motifs is 1. The van der Waals surface area contributed by atoms with Gasteiger partial charge in [-0.3, -0.25) is 0 Å². The number of ether oxygens (including phenoxy) is 1. The van der Waals surface area contributed by atoms with Gasteiger partial charge in [0.2, 0.25) is 0 Å². The molecule has 2 nitrogen and oxygen atoms in total. The van der Waals surface area contributed by atoms with Crippen LogP contribution in [0.15, 0.2) is 24.3 Å². The first-order valence-electron chi connectivity index (χ1n) is 7.80. The Balaban J connectivity index is 0.00000147. The van der Waals surface area contributed by atoms with Crippen molar-refractivity contribution in [3.8, 4) is 0 Å². The fourth-order valence-electron chi connectivity index (χ4n) is 4.66. The van der Waals surface area contributed by atoms with Crippen LogP contribution >= 0.6 is 0 Å². The van der Waals surface area contributed by atoms with Crippen LogP contribution in [0.5, 0.6) is 0 Å². The summed E-state index contributed by atoms with van der Waals surface area (Å²) < 4.78 is 6.39. The van der Waals surface area contributed by atoms with Crippen molar-refractivity contribution in [3.63, 3.8) is 0 Å². The van der Waals surface area contributed by atoms with Crippen LogP contribution in [0.4, 0.5) is 0 Å². The molecule has 112 valence electrons. The topological polar surface area (TPSA) is 44.2 Å². The minimum Gasteiger partial charge on any atom is -0.374 e. The molecule has 3 unspecified atom stereocenters. The van der Waals surface area contributed by atoms with Gasteiger partial charge in [-0.15, -0.1) is 0 Å². The molecule has 1 aromatic rings. The maximum absolute atomic E-state index is 6.39. The number of benzene rings is 1. The van der Waals surface area contributed by atoms with Gasteiger partial charge in [0.1, 0.15) is 0 Å². The quantitative estimate of drug-likeness (QED) is 0.801. The third kappa shape index (κ3) is 2.01. The molecule has 0 bridgehead atoms. The molecular formula is C18H29NO. The van der Waals surface area contributed by atoms with E-state index in [0.717, 1.165) is 6.61 Å². The van der Waals surface area contributed by atoms with E-state index in [4.69, 9.17) is 4.74 Å². The number of rotatable bonds is 1. The van der Waals surface area contributed by atoms with Gasteiger partial charge in [0.15, 0.2) is 0 Å². The lowest BCUT2D eigenvalue weighted by atomic mass is 9.53. The van der Waals surface area contributed by atoms with Gasteiger partial charge in [-0.2, -0.15) is 0 Å². The van der Waals surface area contributed by atoms with Gasteiger partial charge in [-0.25, -0.2) is 0 Å². The minimum absolute atomic E-state index is 0. The van der Waals surface area contributed by atoms with Crippen molar-refractivity contribution in [1.29, 1.82) is 0 Å². The molecular weight excluding hydrogens is 246 g/mol. The Morgan fingerprint density at radius 3 is 2.60 bits per heavy atom. The summed E-state index contributed by atoms with van der Waals surface area (Å²) in [6.45, 7) is 7.97. The Kier molecular flexibility index (Phi) is 4.27. The van der Waals surface area contributed by atoms with Gasteiger partial charge in [-0.05, 0) is 56.6 Å². The van der Waals surface area contributed by atoms with Crippen LogP contribution in [0.3, 0.4) is 0 Å². The summed E-state index contributed by atoms with van der Waals surface area (Å²) in [5.41, 5.74) is 3.25. The smallest absolute Gasteiger partial charge is 0.0776 e. The van der Waals surface area contributed by atoms with Gasteiger partial charge < -0.3 is 10.9 Å². The van der Waals surface area contributed by atoms with Crippen LogP contribution in [0.2, 0.25) is 0 Å². The highest BCUT2D eigenvalue weighted by Gasteiger charge is 2.56. The van der Waals surface area contributed by atoms with Crippen LogP contribution in [0.1, 0.15) is 57.1 Å². The molecule has 2 aliphatic rings. The normalized spacial score (nSPS) is 36.9. The monoisotopic (exact) mass is 275 g/mol. The van der Waals surface area contributed by atoms with E-state index in [1.807, 2.05) is 0 Å². The third-order valence-corrected chi connectivity index (χ3v) is 5.94. The first-order valence-corrected chi connectivity index (χ1v) is 7.80. The lowest BCUT2D eigenvalue weighted by molar-refractivity contribution is -0.173. The molecule has 1 aromatic carbocycles. The molecule has 0 amide bonds. The number of hydrogen-bond donors (Lipinski definition) is 1. The molecule has 3 rings (SSSR count). The predicted molar refractivity (Wildman–Crippen MR) is 84.5 cm³/mol. The Morgan fingerprint density at radius 1 is 1.15 bits per heavy atom. The summed E-state index contributed by atoms with van der Waals surface area (Å²) in [7, 11) is 0. The van der Waals surface area contributed by atoms with Crippen LogP contribution in [-0.2, 0) is 10.2 Å². The Morgan fingerprint density at radius 2 is 1.85 bits per heavy atom. The van der Waals surface area contributed by atoms with E-state index in [0.29, 0.717) is 5.92 Å². The fraction of sp³-hybridized carbons (Fsp3) is 0.667. The molecule has 0 radical (unpaired) electrons. The zero-order valence-corrected chi connectivity index (χ0v) is 13.2. The predicted octanol–water partition coefficient (Wildman–Crippen LogP) is 4.78. The zero-order chi connectivity index (χ0) is 13.5. The molecule has 1 aliphatic carbocycles. The summed E-state index contributed by atoms with van der Waals surface area (Å²) in [4.78, 5) is 0. The van der Waals surface area contributed by atoms with Crippen LogP contribution in [0.25, 0.3) is 0 Å². The largest absolute Gasteiger partial charge is 0.374 e. The second-order valence-corrected chi connectivity index (χ2v) is 6.75. The van der Waals surface area contributed by atoms with Gasteiger partial charge in [-0.1, -0.05) is 37.6 Å². The minimum atomic E-state index is 0. The van der Waals surface area contributed by atoms with E-state index in [-0.39, 0.29) is 17.2 Å². The molecule has 1 saturated carbocycles. The van der Waals surface area contributed by atoms with E-state index in [1.165, 1.54) is 37.7 Å². The van der Waals surface area contributed by atoms with Gasteiger partial charge >= 0.3 is 0 Å². The summed E-state index contributed by atoms with van der Waals surface area (Å²) in [5.74, 6) is 0.654. The summed E-state index contributed by atoms with van der Waals surface area (Å²) in [5, 5.41) is 0. The molecule has 1 aliphatic heterocycles. The van der Waals surface area contributed by atoms with Crippen molar-refractivity contribution in [2.24, 2.45) is 5.92 Å². The maximum atomic E-state index is 6.39. The molecule has 1 saturated heterocycles. The highest BCUT2D eigenvalue weighted by atomic mass is 16.5. The molecule has 3 atom stereocenters. The number of hydrogen-bond acceptors (Lipinski definition) is 2. The second-order valence-electron chi connectivity index (χ2n) is 6.75. The van der Waals surface area contributed by atoms with E-state index in [9.17, 15) is 0 Å². The first kappa shape index (κ1) is 15.5. The van der Waals surface area contributed by atoms with Crippen LogP contribution < -0.4 is 6.15 Å². The SMILES string of the molecule is Cc1ccccc1C12CCCOC1(C)C(C)CCC2.N. The average Bonchev–Trinajstić information content (AvgIpc) is 2.41. The fourth-order valence-corrected chi connectivity index (χ4v) is 4.66. The Labute approximate surface area is 123 Å². The second kappa shape index (κ2) is 5.50. The van der Waals surface area contributed by atoms with Gasteiger partial charge in [0, 0.05) is 12.0 Å². The molecule has 2 heteroatoms. The average molecular weight is 275 g/mol. The highest BCUT2D eigenvalue weighted by molar-refractivity contribution is 5.38. The van der Waals surface area contributed by atoms with E-state index in [1.54, 1.807) is 5.56 Å². The standard InChI is InChI=1S/C18H26O.H3N/c1-14-8-4-5-10-16(14)18-11-6-9-15(2)17(18,3)19-13-7-12-18;/h4-5,8,10,15H,6-7,9,11-13H2,1-3H3;1H3. The van der Waals surface area contributed by atoms with Crippen molar-refractivity contribution in [2.75, 3.05) is 6.61 Å². The van der Waals surface area contributed by atoms with Crippen LogP contribution in [0, 0.1) is 12.8 Å². The summed E-state index contributed by atoms with van der Waals surface area (Å²) >= 11 is 0. The lowest BCUT2D eigenvalue weighted by Gasteiger charge is -2.58. The Bertz CT molecular complexity index is 468. The van der Waals surface area contributed by atoms with Crippen LogP contribution in [-0.4, -0.2) is 12.2 Å². The summed E-state index contributed by atoms with van der Waals surface area (Å²) in [6, 6.07) is 8.97. The summed E-state index contributed by atoms with van der Waals surface area (Å²) in [6.07, 6.45) is 6.44. The van der Waals surface area contributed by atoms with E-state index < -0.39 is 0 Å². The van der Waals surface area contributed by atoms with Gasteiger partial charge in [0.25, 0.3) is 0 Å². The van der Waals surface area contributed by atoms with E-state index >= 15 is 0 Å². The molecule has 0 aromatic heterocycles. The third-order valence-electron chi connectivity index (χ3n) is 5.94. The molecule has 3 N–H and O–H groups in total. The maximum Gasteiger partial charge on any atom is 0.0776 e. The van der Waals surface area contributed by atoms with E-state index in [2.05, 4.69) is 45.0 Å². The number of aryl methyl sites for hydroxylation is 1. The van der Waals surface area contributed by atoms with Crippen molar-refractivity contribution < 1.29 is 4.74 Å². The van der Waals surface area contributed by atoms with Crippen molar-refractivity contribution >= 4 is 0 Å². The van der Waals surface area contributed by atoms with Crippen molar-refractivity contribution in [2.45, 2.75) is 63.9 Å². The van der Waals surface area contributed by atoms with Gasteiger partial charge in [0.05, 0.1) is 5.60 Å². The molecule has 2 fully saturated rings. The van der Waals surface area contributed by atoms with Crippen molar-refractivity contribution in [1.82, 2.24) is 6.15 Å². The molecule has 20 heavy (non-hydrogen) atoms. The molecule has 0 spiro atoms. The lowest BCUT2D eigenvalue weighted by Crippen LogP contribution is -2.60. The first-order chi connectivity index (χ1) is 9.10. The Hall–Kier alpha value is -0.860. The zero-order valence-electron chi connectivity index (χ0n) is 13.2. The molecule has 1 heterocycles. The highest BCUT2D eigenvalue weighted by Crippen LogP contribution is 2.56.